The van der Waals surface area contributed by atoms with Crippen LogP contribution in [-0.2, 0) is 30.9 Å². The molecular weight excluding hydrogens is 510 g/mol. The third kappa shape index (κ3) is 4.71. The molecule has 1 atom stereocenters. The van der Waals surface area contributed by atoms with E-state index in [0.717, 1.165) is 16.0 Å². The highest BCUT2D eigenvalue weighted by Gasteiger charge is 2.40. The van der Waals surface area contributed by atoms with Crippen molar-refractivity contribution >= 4 is 66.4 Å². The Morgan fingerprint density at radius 3 is 2.67 bits per heavy atom. The third-order valence-electron chi connectivity index (χ3n) is 5.21. The second-order valence-electron chi connectivity index (χ2n) is 7.16. The number of fused-ring (bicyclic) bond motifs is 1. The van der Waals surface area contributed by atoms with Gasteiger partial charge in [0.25, 0.3) is 15.9 Å². The van der Waals surface area contributed by atoms with Gasteiger partial charge in [-0.1, -0.05) is 22.9 Å². The third-order valence-corrected chi connectivity index (χ3v) is 9.86. The summed E-state index contributed by atoms with van der Waals surface area (Å²) in [5.41, 5.74) is 0.682. The molecule has 1 unspecified atom stereocenters. The van der Waals surface area contributed by atoms with Crippen molar-refractivity contribution in [3.05, 3.63) is 39.5 Å². The number of hydrogen-bond acceptors (Lipinski definition) is 8. The van der Waals surface area contributed by atoms with E-state index in [0.29, 0.717) is 28.4 Å². The van der Waals surface area contributed by atoms with Crippen molar-refractivity contribution in [3.63, 3.8) is 0 Å². The molecule has 2 aromatic heterocycles. The number of sulfonamides is 1. The van der Waals surface area contributed by atoms with Crippen LogP contribution in [0, 0.1) is 0 Å². The number of nitrogens with zero attached hydrogens (tertiary/aromatic N) is 3. The van der Waals surface area contributed by atoms with Crippen molar-refractivity contribution in [2.75, 3.05) is 20.8 Å². The maximum atomic E-state index is 13.2. The summed E-state index contributed by atoms with van der Waals surface area (Å²) in [6.45, 7) is 0.0743. The van der Waals surface area contributed by atoms with Gasteiger partial charge in [0.15, 0.2) is 4.80 Å². The normalized spacial score (nSPS) is 17.5. The molecule has 13 heteroatoms. The molecule has 0 aliphatic carbocycles. The molecule has 33 heavy (non-hydrogen) atoms. The van der Waals surface area contributed by atoms with Crippen molar-refractivity contribution in [1.82, 2.24) is 8.87 Å². The number of methoxy groups -OCH3 is 2. The van der Waals surface area contributed by atoms with Gasteiger partial charge < -0.3 is 14.0 Å². The van der Waals surface area contributed by atoms with Gasteiger partial charge in [0, 0.05) is 6.54 Å². The van der Waals surface area contributed by atoms with Gasteiger partial charge in [-0.3, -0.25) is 9.59 Å². The number of thiazole rings is 1. The lowest BCUT2D eigenvalue weighted by Crippen LogP contribution is -2.40. The highest BCUT2D eigenvalue weighted by Crippen LogP contribution is 2.32. The SMILES string of the molecule is COC(=O)Cn1c(=NC(=O)C2CCCN2S(=O)(=O)c2ccc(Cl)s2)sc2cc(OC)ccc21. The number of hydrogen-bond donors (Lipinski definition) is 0. The van der Waals surface area contributed by atoms with Crippen LogP contribution >= 0.6 is 34.3 Å². The number of amides is 1. The molecule has 1 aliphatic heterocycles. The predicted octanol–water partition coefficient (Wildman–Crippen LogP) is 2.88. The fraction of sp³-hybridized carbons (Fsp3) is 0.350. The first-order valence-corrected chi connectivity index (χ1v) is 13.3. The Morgan fingerprint density at radius 1 is 1.21 bits per heavy atom. The maximum Gasteiger partial charge on any atom is 0.325 e. The van der Waals surface area contributed by atoms with Gasteiger partial charge in [0.2, 0.25) is 0 Å². The zero-order valence-electron chi connectivity index (χ0n) is 17.7. The zero-order valence-corrected chi connectivity index (χ0v) is 20.9. The fourth-order valence-corrected chi connectivity index (χ4v) is 7.93. The molecule has 3 heterocycles. The van der Waals surface area contributed by atoms with Crippen LogP contribution in [0.3, 0.4) is 0 Å². The molecule has 0 radical (unpaired) electrons. The number of carbonyl (C=O) groups is 2. The number of esters is 1. The van der Waals surface area contributed by atoms with E-state index in [-0.39, 0.29) is 22.1 Å². The molecule has 0 bridgehead atoms. The fourth-order valence-electron chi connectivity index (χ4n) is 3.61. The molecule has 0 N–H and O–H groups in total. The maximum absolute atomic E-state index is 13.2. The van der Waals surface area contributed by atoms with E-state index >= 15 is 0 Å². The Morgan fingerprint density at radius 2 is 2.00 bits per heavy atom. The molecule has 1 fully saturated rings. The Balaban J connectivity index is 1.74. The van der Waals surface area contributed by atoms with E-state index in [2.05, 4.69) is 4.99 Å². The highest BCUT2D eigenvalue weighted by molar-refractivity contribution is 7.91. The van der Waals surface area contributed by atoms with E-state index in [4.69, 9.17) is 21.1 Å². The zero-order chi connectivity index (χ0) is 23.8. The summed E-state index contributed by atoms with van der Waals surface area (Å²) in [5.74, 6) is -0.468. The number of carbonyl (C=O) groups excluding carboxylic acids is 2. The first kappa shape index (κ1) is 23.9. The minimum Gasteiger partial charge on any atom is -0.497 e. The number of aromatic nitrogens is 1. The average Bonchev–Trinajstić information content (AvgIpc) is 3.53. The molecule has 0 saturated carbocycles. The topological polar surface area (TPSA) is 107 Å². The van der Waals surface area contributed by atoms with Gasteiger partial charge in [-0.05, 0) is 43.2 Å². The minimum atomic E-state index is -3.88. The Bertz CT molecular complexity index is 1390. The monoisotopic (exact) mass is 529 g/mol. The average molecular weight is 530 g/mol. The molecule has 176 valence electrons. The lowest BCUT2D eigenvalue weighted by Gasteiger charge is -2.20. The summed E-state index contributed by atoms with van der Waals surface area (Å²) in [4.78, 5) is 29.7. The largest absolute Gasteiger partial charge is 0.497 e. The van der Waals surface area contributed by atoms with Crippen LogP contribution in [0.15, 0.2) is 39.5 Å². The second-order valence-corrected chi connectivity index (χ2v) is 12.0. The smallest absolute Gasteiger partial charge is 0.325 e. The summed E-state index contributed by atoms with van der Waals surface area (Å²) < 4.78 is 40.2. The van der Waals surface area contributed by atoms with Gasteiger partial charge in [0.05, 0.1) is 28.8 Å². The van der Waals surface area contributed by atoms with E-state index in [1.54, 1.807) is 29.9 Å². The predicted molar refractivity (Wildman–Crippen MR) is 125 cm³/mol. The summed E-state index contributed by atoms with van der Waals surface area (Å²) in [6, 6.07) is 7.31. The quantitative estimate of drug-likeness (QED) is 0.454. The molecule has 1 aliphatic rings. The number of thiophene rings is 1. The number of rotatable bonds is 6. The Kier molecular flexibility index (Phi) is 6.91. The van der Waals surface area contributed by atoms with Gasteiger partial charge in [-0.15, -0.1) is 11.3 Å². The first-order chi connectivity index (χ1) is 15.7. The number of ether oxygens (including phenoxy) is 2. The van der Waals surface area contributed by atoms with Crippen LogP contribution < -0.4 is 9.54 Å². The number of benzene rings is 1. The van der Waals surface area contributed by atoms with Crippen LogP contribution in [0.25, 0.3) is 10.2 Å². The summed E-state index contributed by atoms with van der Waals surface area (Å²) in [6.07, 6.45) is 0.895. The van der Waals surface area contributed by atoms with Crippen molar-refractivity contribution in [2.45, 2.75) is 29.6 Å². The van der Waals surface area contributed by atoms with Crippen LogP contribution in [-0.4, -0.2) is 56.0 Å². The molecule has 9 nitrogen and oxygen atoms in total. The van der Waals surface area contributed by atoms with Gasteiger partial charge in [0.1, 0.15) is 22.5 Å². The van der Waals surface area contributed by atoms with Gasteiger partial charge in [-0.2, -0.15) is 9.30 Å². The molecule has 0 spiro atoms. The van der Waals surface area contributed by atoms with Gasteiger partial charge in [-0.25, -0.2) is 8.42 Å². The first-order valence-electron chi connectivity index (χ1n) is 9.84. The van der Waals surface area contributed by atoms with Crippen molar-refractivity contribution in [3.8, 4) is 5.75 Å². The van der Waals surface area contributed by atoms with Crippen LogP contribution in [0.4, 0.5) is 0 Å². The van der Waals surface area contributed by atoms with E-state index in [1.807, 2.05) is 0 Å². The Labute approximate surface area is 202 Å². The Hall–Kier alpha value is -2.25. The standard InChI is InChI=1S/C20H20ClN3O6S3/c1-29-12-5-6-13-15(10-12)31-20(23(13)11-17(25)30-2)22-19(26)14-4-3-9-24(14)33(27,28)18-8-7-16(21)32-18/h5-8,10,14H,3-4,9,11H2,1-2H3. The van der Waals surface area contributed by atoms with Crippen LogP contribution in [0.5, 0.6) is 5.75 Å². The minimum absolute atomic E-state index is 0.0851. The van der Waals surface area contributed by atoms with Crippen LogP contribution in [0.2, 0.25) is 4.34 Å². The van der Waals surface area contributed by atoms with E-state index in [1.165, 1.54) is 34.9 Å². The molecule has 4 rings (SSSR count). The molecule has 3 aromatic rings. The summed E-state index contributed by atoms with van der Waals surface area (Å²) >= 11 is 8.06. The molecule has 1 amide bonds. The lowest BCUT2D eigenvalue weighted by atomic mass is 10.2. The highest BCUT2D eigenvalue weighted by atomic mass is 35.5. The van der Waals surface area contributed by atoms with Gasteiger partial charge >= 0.3 is 5.97 Å². The summed E-state index contributed by atoms with van der Waals surface area (Å²) in [5, 5.41) is 0. The number of halogens is 1. The van der Waals surface area contributed by atoms with E-state index in [9.17, 15) is 18.0 Å². The second kappa shape index (κ2) is 9.55. The molecule has 1 aromatic carbocycles. The van der Waals surface area contributed by atoms with Crippen LogP contribution in [0.1, 0.15) is 12.8 Å². The lowest BCUT2D eigenvalue weighted by molar-refractivity contribution is -0.141. The van der Waals surface area contributed by atoms with Crippen molar-refractivity contribution in [2.24, 2.45) is 4.99 Å². The van der Waals surface area contributed by atoms with Crippen molar-refractivity contribution in [1.29, 1.82) is 0 Å². The summed E-state index contributed by atoms with van der Waals surface area (Å²) in [7, 11) is -1.06. The van der Waals surface area contributed by atoms with E-state index < -0.39 is 27.9 Å². The van der Waals surface area contributed by atoms with Crippen molar-refractivity contribution < 1.29 is 27.5 Å². The molecular formula is C20H20ClN3O6S3. The molecule has 1 saturated heterocycles.